The Morgan fingerprint density at radius 2 is 2.06 bits per heavy atom. The summed E-state index contributed by atoms with van der Waals surface area (Å²) in [6.07, 6.45) is 1.00. The molecule has 18 heavy (non-hydrogen) atoms. The first kappa shape index (κ1) is 13.1. The van der Waals surface area contributed by atoms with Crippen LogP contribution in [0.25, 0.3) is 0 Å². The molecule has 0 amide bonds. The summed E-state index contributed by atoms with van der Waals surface area (Å²) >= 11 is 1.78. The molecule has 0 aliphatic rings. The summed E-state index contributed by atoms with van der Waals surface area (Å²) in [7, 11) is 0. The second-order valence-corrected chi connectivity index (χ2v) is 5.49. The third kappa shape index (κ3) is 3.59. The Hall–Kier alpha value is -1.32. The highest BCUT2D eigenvalue weighted by Gasteiger charge is 2.10. The molecule has 1 atom stereocenters. The fourth-order valence-electron chi connectivity index (χ4n) is 1.85. The van der Waals surface area contributed by atoms with Gasteiger partial charge in [0.1, 0.15) is 5.75 Å². The molecule has 2 rings (SSSR count). The van der Waals surface area contributed by atoms with Gasteiger partial charge in [-0.25, -0.2) is 0 Å². The van der Waals surface area contributed by atoms with Crippen molar-refractivity contribution in [2.75, 3.05) is 13.2 Å². The highest BCUT2D eigenvalue weighted by atomic mass is 32.1. The molecule has 0 fully saturated rings. The summed E-state index contributed by atoms with van der Waals surface area (Å²) in [5.74, 6) is 1.34. The lowest BCUT2D eigenvalue weighted by Crippen LogP contribution is -2.23. The summed E-state index contributed by atoms with van der Waals surface area (Å²) in [5, 5.41) is 2.10. The van der Waals surface area contributed by atoms with Gasteiger partial charge in [-0.15, -0.1) is 11.3 Å². The topological polar surface area (TPSA) is 35.2 Å². The van der Waals surface area contributed by atoms with Gasteiger partial charge >= 0.3 is 0 Å². The average molecular weight is 261 g/mol. The predicted octanol–water partition coefficient (Wildman–Crippen LogP) is 3.25. The molecule has 0 radical (unpaired) electrons. The molecule has 0 aliphatic carbocycles. The average Bonchev–Trinajstić information content (AvgIpc) is 2.89. The minimum absolute atomic E-state index is 0.378. The van der Waals surface area contributed by atoms with Gasteiger partial charge in [0.15, 0.2) is 0 Å². The molecule has 0 saturated heterocycles. The Labute approximate surface area is 112 Å². The van der Waals surface area contributed by atoms with Gasteiger partial charge in [0.2, 0.25) is 0 Å². The molecule has 1 aromatic carbocycles. The molecule has 1 heterocycles. The molecule has 2 nitrogen and oxygen atoms in total. The van der Waals surface area contributed by atoms with E-state index in [0.29, 0.717) is 19.1 Å². The van der Waals surface area contributed by atoms with Crippen LogP contribution in [0, 0.1) is 12.8 Å². The number of para-hydroxylation sites is 1. The lowest BCUT2D eigenvalue weighted by Gasteiger charge is -2.16. The van der Waals surface area contributed by atoms with E-state index in [1.165, 1.54) is 10.4 Å². The van der Waals surface area contributed by atoms with Crippen molar-refractivity contribution in [2.45, 2.75) is 13.3 Å². The molecule has 1 aromatic heterocycles. The van der Waals surface area contributed by atoms with E-state index in [1.54, 1.807) is 11.3 Å². The maximum atomic E-state index is 5.86. The van der Waals surface area contributed by atoms with Gasteiger partial charge in [0.05, 0.1) is 6.61 Å². The molecule has 0 saturated carbocycles. The van der Waals surface area contributed by atoms with Crippen LogP contribution in [-0.2, 0) is 6.42 Å². The first-order chi connectivity index (χ1) is 8.79. The van der Waals surface area contributed by atoms with E-state index in [-0.39, 0.29) is 0 Å². The highest BCUT2D eigenvalue weighted by Crippen LogP contribution is 2.19. The van der Waals surface area contributed by atoms with Crippen LogP contribution in [0.5, 0.6) is 5.75 Å². The molecule has 2 N–H and O–H groups in total. The van der Waals surface area contributed by atoms with E-state index in [2.05, 4.69) is 30.5 Å². The Bertz CT molecular complexity index is 467. The second kappa shape index (κ2) is 6.57. The first-order valence-electron chi connectivity index (χ1n) is 6.20. The number of ether oxygens (including phenoxy) is 1. The number of nitrogens with two attached hydrogens (primary N) is 1. The van der Waals surface area contributed by atoms with Gasteiger partial charge < -0.3 is 10.5 Å². The number of thiophene rings is 1. The maximum absolute atomic E-state index is 5.86. The van der Waals surface area contributed by atoms with Crippen molar-refractivity contribution in [3.05, 3.63) is 52.2 Å². The minimum atomic E-state index is 0.378. The summed E-state index contributed by atoms with van der Waals surface area (Å²) in [4.78, 5) is 1.37. The summed E-state index contributed by atoms with van der Waals surface area (Å²) in [6.45, 7) is 3.40. The predicted molar refractivity (Wildman–Crippen MR) is 77.2 cm³/mol. The SMILES string of the molecule is Cc1ccccc1OCC(CN)Cc1cccs1. The summed E-state index contributed by atoms with van der Waals surface area (Å²) in [6, 6.07) is 12.3. The number of rotatable bonds is 6. The van der Waals surface area contributed by atoms with E-state index in [1.807, 2.05) is 18.2 Å². The normalized spacial score (nSPS) is 12.3. The first-order valence-corrected chi connectivity index (χ1v) is 7.08. The largest absolute Gasteiger partial charge is 0.493 e. The van der Waals surface area contributed by atoms with Crippen LogP contribution in [0.4, 0.5) is 0 Å². The van der Waals surface area contributed by atoms with Gasteiger partial charge in [-0.1, -0.05) is 24.3 Å². The van der Waals surface area contributed by atoms with Crippen LogP contribution in [-0.4, -0.2) is 13.2 Å². The lowest BCUT2D eigenvalue weighted by atomic mass is 10.1. The van der Waals surface area contributed by atoms with Gasteiger partial charge in [0, 0.05) is 10.8 Å². The zero-order valence-electron chi connectivity index (χ0n) is 10.6. The quantitative estimate of drug-likeness (QED) is 0.866. The molecular weight excluding hydrogens is 242 g/mol. The standard InChI is InChI=1S/C15H19NOS/c1-12-5-2-3-7-15(12)17-11-13(10-16)9-14-6-4-8-18-14/h2-8,13H,9-11,16H2,1H3. The Morgan fingerprint density at radius 3 is 2.72 bits per heavy atom. The Kier molecular flexibility index (Phi) is 4.79. The third-order valence-electron chi connectivity index (χ3n) is 2.97. The Morgan fingerprint density at radius 1 is 1.22 bits per heavy atom. The van der Waals surface area contributed by atoms with E-state index >= 15 is 0 Å². The van der Waals surface area contributed by atoms with Crippen molar-refractivity contribution in [1.29, 1.82) is 0 Å². The highest BCUT2D eigenvalue weighted by molar-refractivity contribution is 7.09. The number of aryl methyl sites for hydroxylation is 1. The van der Waals surface area contributed by atoms with Crippen molar-refractivity contribution < 1.29 is 4.74 Å². The lowest BCUT2D eigenvalue weighted by molar-refractivity contribution is 0.251. The van der Waals surface area contributed by atoms with Gasteiger partial charge in [0.25, 0.3) is 0 Å². The zero-order valence-corrected chi connectivity index (χ0v) is 11.5. The number of benzene rings is 1. The third-order valence-corrected chi connectivity index (χ3v) is 3.87. The van der Waals surface area contributed by atoms with E-state index < -0.39 is 0 Å². The Balaban J connectivity index is 1.89. The fraction of sp³-hybridized carbons (Fsp3) is 0.333. The van der Waals surface area contributed by atoms with Crippen molar-refractivity contribution in [3.63, 3.8) is 0 Å². The number of hydrogen-bond donors (Lipinski definition) is 1. The molecule has 2 aromatic rings. The van der Waals surface area contributed by atoms with Crippen molar-refractivity contribution in [2.24, 2.45) is 11.7 Å². The second-order valence-electron chi connectivity index (χ2n) is 4.46. The maximum Gasteiger partial charge on any atom is 0.122 e. The van der Waals surface area contributed by atoms with Crippen LogP contribution in [0.2, 0.25) is 0 Å². The monoisotopic (exact) mass is 261 g/mol. The molecule has 0 spiro atoms. The van der Waals surface area contributed by atoms with E-state index in [4.69, 9.17) is 10.5 Å². The van der Waals surface area contributed by atoms with Crippen molar-refractivity contribution in [3.8, 4) is 5.75 Å². The molecule has 1 unspecified atom stereocenters. The van der Waals surface area contributed by atoms with E-state index in [0.717, 1.165) is 12.2 Å². The van der Waals surface area contributed by atoms with Crippen LogP contribution in [0.15, 0.2) is 41.8 Å². The zero-order chi connectivity index (χ0) is 12.8. The van der Waals surface area contributed by atoms with Crippen molar-refractivity contribution in [1.82, 2.24) is 0 Å². The van der Waals surface area contributed by atoms with Gasteiger partial charge in [-0.05, 0) is 43.0 Å². The number of hydrogen-bond acceptors (Lipinski definition) is 3. The van der Waals surface area contributed by atoms with Crippen LogP contribution in [0.3, 0.4) is 0 Å². The fourth-order valence-corrected chi connectivity index (χ4v) is 2.67. The molecular formula is C15H19NOS. The summed E-state index contributed by atoms with van der Waals surface area (Å²) < 4.78 is 5.86. The molecule has 0 bridgehead atoms. The van der Waals surface area contributed by atoms with Crippen LogP contribution >= 0.6 is 11.3 Å². The van der Waals surface area contributed by atoms with Gasteiger partial charge in [-0.2, -0.15) is 0 Å². The minimum Gasteiger partial charge on any atom is -0.493 e. The van der Waals surface area contributed by atoms with E-state index in [9.17, 15) is 0 Å². The van der Waals surface area contributed by atoms with Gasteiger partial charge in [-0.3, -0.25) is 0 Å². The smallest absolute Gasteiger partial charge is 0.122 e. The molecule has 96 valence electrons. The van der Waals surface area contributed by atoms with Crippen LogP contribution in [0.1, 0.15) is 10.4 Å². The van der Waals surface area contributed by atoms with Crippen molar-refractivity contribution >= 4 is 11.3 Å². The van der Waals surface area contributed by atoms with Crippen LogP contribution < -0.4 is 10.5 Å². The summed E-state index contributed by atoms with van der Waals surface area (Å²) in [5.41, 5.74) is 6.99. The molecule has 3 heteroatoms. The molecule has 0 aliphatic heterocycles.